The minimum absolute atomic E-state index is 0.0891. The molecule has 7 heteroatoms. The monoisotopic (exact) mass is 416 g/mol. The molecule has 0 aliphatic carbocycles. The van der Waals surface area contributed by atoms with Crippen molar-refractivity contribution in [3.63, 3.8) is 0 Å². The van der Waals surface area contributed by atoms with Crippen LogP contribution in [-0.4, -0.2) is 44.4 Å². The summed E-state index contributed by atoms with van der Waals surface area (Å²) in [5.41, 5.74) is 2.78. The van der Waals surface area contributed by atoms with Gasteiger partial charge in [-0.25, -0.2) is 8.42 Å². The maximum Gasteiger partial charge on any atom is 0.265 e. The Kier molecular flexibility index (Phi) is 6.29. The van der Waals surface area contributed by atoms with Gasteiger partial charge in [0, 0.05) is 24.8 Å². The number of sulfonamides is 1. The van der Waals surface area contributed by atoms with E-state index in [9.17, 15) is 13.2 Å². The molecule has 1 aliphatic rings. The van der Waals surface area contributed by atoms with Gasteiger partial charge in [-0.05, 0) is 55.7 Å². The van der Waals surface area contributed by atoms with Gasteiger partial charge in [0.2, 0.25) is 10.0 Å². The van der Waals surface area contributed by atoms with Crippen LogP contribution in [0.5, 0.6) is 5.75 Å². The van der Waals surface area contributed by atoms with Crippen LogP contribution in [0, 0.1) is 6.92 Å². The summed E-state index contributed by atoms with van der Waals surface area (Å²) < 4.78 is 32.5. The third-order valence-electron chi connectivity index (χ3n) is 5.32. The van der Waals surface area contributed by atoms with E-state index in [0.717, 1.165) is 17.7 Å². The zero-order valence-electron chi connectivity index (χ0n) is 17.4. The van der Waals surface area contributed by atoms with E-state index in [1.54, 1.807) is 24.0 Å². The van der Waals surface area contributed by atoms with Crippen molar-refractivity contribution in [1.29, 1.82) is 0 Å². The highest BCUT2D eigenvalue weighted by atomic mass is 32.2. The number of hydrogen-bond donors (Lipinski definition) is 0. The molecule has 1 atom stereocenters. The molecule has 0 spiro atoms. The number of nitrogens with zero attached hydrogens (tertiary/aromatic N) is 2. The van der Waals surface area contributed by atoms with Gasteiger partial charge in [0.25, 0.3) is 5.91 Å². The van der Waals surface area contributed by atoms with Crippen LogP contribution in [0.15, 0.2) is 47.4 Å². The van der Waals surface area contributed by atoms with Crippen LogP contribution >= 0.6 is 0 Å². The van der Waals surface area contributed by atoms with Gasteiger partial charge >= 0.3 is 0 Å². The Balaban J connectivity index is 1.73. The first-order valence-electron chi connectivity index (χ1n) is 9.93. The molecule has 2 aromatic carbocycles. The number of carbonyl (C=O) groups is 1. The fraction of sp³-hybridized carbons (Fsp3) is 0.409. The van der Waals surface area contributed by atoms with E-state index in [-0.39, 0.29) is 23.5 Å². The Morgan fingerprint density at radius 2 is 1.86 bits per heavy atom. The summed E-state index contributed by atoms with van der Waals surface area (Å²) in [6, 6.07) is 12.8. The lowest BCUT2D eigenvalue weighted by Crippen LogP contribution is -2.39. The van der Waals surface area contributed by atoms with Crippen molar-refractivity contribution < 1.29 is 17.9 Å². The number of ether oxygens (including phenoxy) is 1. The molecule has 0 saturated carbocycles. The molecule has 0 N–H and O–H groups in total. The molecule has 1 amide bonds. The molecule has 2 aromatic rings. The van der Waals surface area contributed by atoms with E-state index in [1.165, 1.54) is 10.4 Å². The van der Waals surface area contributed by atoms with Gasteiger partial charge in [0.1, 0.15) is 5.75 Å². The zero-order valence-corrected chi connectivity index (χ0v) is 18.2. The number of amides is 1. The fourth-order valence-corrected chi connectivity index (χ4v) is 5.36. The number of benzene rings is 2. The summed E-state index contributed by atoms with van der Waals surface area (Å²) in [6.07, 6.45) is 0.832. The topological polar surface area (TPSA) is 66.9 Å². The molecular formula is C22H28N2O4S. The molecule has 0 saturated heterocycles. The lowest BCUT2D eigenvalue weighted by Gasteiger charge is -2.23. The number of para-hydroxylation sites is 1. The van der Waals surface area contributed by atoms with Crippen LogP contribution in [0.4, 0.5) is 5.69 Å². The molecule has 6 nitrogen and oxygen atoms in total. The van der Waals surface area contributed by atoms with Crippen LogP contribution in [0.1, 0.15) is 31.9 Å². The van der Waals surface area contributed by atoms with E-state index in [0.29, 0.717) is 24.4 Å². The fourth-order valence-electron chi connectivity index (χ4n) is 3.81. The molecule has 1 aliphatic heterocycles. The van der Waals surface area contributed by atoms with Gasteiger partial charge in [0.15, 0.2) is 6.61 Å². The van der Waals surface area contributed by atoms with Crippen molar-refractivity contribution in [2.45, 2.75) is 45.1 Å². The van der Waals surface area contributed by atoms with E-state index >= 15 is 0 Å². The highest BCUT2D eigenvalue weighted by Gasteiger charge is 2.30. The SMILES string of the molecule is CCN(CC)S(=O)(=O)c1ccc(OCC(=O)N2c3ccccc3CC2C)c(C)c1. The average Bonchev–Trinajstić information content (AvgIpc) is 3.03. The largest absolute Gasteiger partial charge is 0.483 e. The van der Waals surface area contributed by atoms with E-state index < -0.39 is 10.0 Å². The number of carbonyl (C=O) groups excluding carboxylic acids is 1. The van der Waals surface area contributed by atoms with Crippen molar-refractivity contribution in [2.24, 2.45) is 0 Å². The second-order valence-corrected chi connectivity index (χ2v) is 9.19. The quantitative estimate of drug-likeness (QED) is 0.694. The number of rotatable bonds is 7. The van der Waals surface area contributed by atoms with Crippen molar-refractivity contribution in [3.05, 3.63) is 53.6 Å². The number of hydrogen-bond acceptors (Lipinski definition) is 4. The summed E-state index contributed by atoms with van der Waals surface area (Å²) in [5, 5.41) is 0. The first-order valence-corrected chi connectivity index (χ1v) is 11.4. The second-order valence-electron chi connectivity index (χ2n) is 7.25. The second kappa shape index (κ2) is 8.55. The van der Waals surface area contributed by atoms with Crippen molar-refractivity contribution >= 4 is 21.6 Å². The summed E-state index contributed by atoms with van der Waals surface area (Å²) in [6.45, 7) is 8.18. The van der Waals surface area contributed by atoms with E-state index in [1.807, 2.05) is 45.0 Å². The van der Waals surface area contributed by atoms with Gasteiger partial charge < -0.3 is 9.64 Å². The number of aryl methyl sites for hydroxylation is 1. The zero-order chi connectivity index (χ0) is 21.2. The van der Waals surface area contributed by atoms with Gasteiger partial charge in [-0.15, -0.1) is 0 Å². The first-order chi connectivity index (χ1) is 13.8. The minimum Gasteiger partial charge on any atom is -0.483 e. The van der Waals surface area contributed by atoms with E-state index in [2.05, 4.69) is 0 Å². The Labute approximate surface area is 173 Å². The van der Waals surface area contributed by atoms with Crippen molar-refractivity contribution in [2.75, 3.05) is 24.6 Å². The van der Waals surface area contributed by atoms with Crippen LogP contribution in [0.2, 0.25) is 0 Å². The molecule has 0 fully saturated rings. The number of anilines is 1. The summed E-state index contributed by atoms with van der Waals surface area (Å²) in [4.78, 5) is 14.8. The Morgan fingerprint density at radius 3 is 2.52 bits per heavy atom. The van der Waals surface area contributed by atoms with Gasteiger partial charge in [-0.2, -0.15) is 4.31 Å². The van der Waals surface area contributed by atoms with Crippen LogP contribution in [0.25, 0.3) is 0 Å². The van der Waals surface area contributed by atoms with Crippen molar-refractivity contribution in [3.8, 4) is 5.75 Å². The number of fused-ring (bicyclic) bond motifs is 1. The molecule has 3 rings (SSSR count). The molecule has 0 bridgehead atoms. The Morgan fingerprint density at radius 1 is 1.17 bits per heavy atom. The van der Waals surface area contributed by atoms with Crippen LogP contribution in [-0.2, 0) is 21.2 Å². The third kappa shape index (κ3) is 4.16. The van der Waals surface area contributed by atoms with Crippen LogP contribution < -0.4 is 9.64 Å². The normalized spacial score (nSPS) is 16.2. The summed E-state index contributed by atoms with van der Waals surface area (Å²) in [7, 11) is -3.52. The standard InChI is InChI=1S/C22H28N2O4S/c1-5-23(6-2)29(26,27)19-11-12-21(16(3)13-19)28-15-22(25)24-17(4)14-18-9-7-8-10-20(18)24/h7-13,17H,5-6,14-15H2,1-4H3. The van der Waals surface area contributed by atoms with Crippen LogP contribution in [0.3, 0.4) is 0 Å². The maximum atomic E-state index is 12.8. The predicted molar refractivity (Wildman–Crippen MR) is 114 cm³/mol. The highest BCUT2D eigenvalue weighted by Crippen LogP contribution is 2.32. The Hall–Kier alpha value is -2.38. The molecule has 29 heavy (non-hydrogen) atoms. The lowest BCUT2D eigenvalue weighted by molar-refractivity contribution is -0.120. The van der Waals surface area contributed by atoms with Gasteiger partial charge in [0.05, 0.1) is 4.90 Å². The first kappa shape index (κ1) is 21.3. The predicted octanol–water partition coefficient (Wildman–Crippen LogP) is 3.38. The smallest absolute Gasteiger partial charge is 0.265 e. The van der Waals surface area contributed by atoms with Gasteiger partial charge in [-0.3, -0.25) is 4.79 Å². The highest BCUT2D eigenvalue weighted by molar-refractivity contribution is 7.89. The molecule has 1 heterocycles. The van der Waals surface area contributed by atoms with Gasteiger partial charge in [-0.1, -0.05) is 32.0 Å². The third-order valence-corrected chi connectivity index (χ3v) is 7.36. The molecule has 1 unspecified atom stereocenters. The molecular weight excluding hydrogens is 388 g/mol. The summed E-state index contributed by atoms with van der Waals surface area (Å²) >= 11 is 0. The molecule has 0 aromatic heterocycles. The maximum absolute atomic E-state index is 12.8. The van der Waals surface area contributed by atoms with E-state index in [4.69, 9.17) is 4.74 Å². The molecule has 0 radical (unpaired) electrons. The Bertz CT molecular complexity index is 1000. The molecule has 156 valence electrons. The summed E-state index contributed by atoms with van der Waals surface area (Å²) in [5.74, 6) is 0.402. The minimum atomic E-state index is -3.52. The average molecular weight is 417 g/mol. The van der Waals surface area contributed by atoms with Crippen molar-refractivity contribution in [1.82, 2.24) is 4.31 Å². The lowest BCUT2D eigenvalue weighted by atomic mass is 10.1.